The second kappa shape index (κ2) is 10.0. The van der Waals surface area contributed by atoms with Crippen molar-refractivity contribution in [3.63, 3.8) is 0 Å². The Morgan fingerprint density at radius 1 is 0.400 bits per heavy atom. The van der Waals surface area contributed by atoms with Crippen LogP contribution in [-0.2, 0) is 54.7 Å². The monoisotopic (exact) mass is 618 g/mol. The minimum absolute atomic E-state index is 0.849. The van der Waals surface area contributed by atoms with Gasteiger partial charge in [-0.15, -0.1) is 0 Å². The van der Waals surface area contributed by atoms with E-state index in [1.54, 1.807) is 0 Å². The number of benzene rings is 2. The van der Waals surface area contributed by atoms with E-state index in [4.69, 9.17) is 0 Å². The molecule has 0 aromatic heterocycles. The third kappa shape index (κ3) is 7.52. The van der Waals surface area contributed by atoms with Gasteiger partial charge in [0.2, 0.25) is 0 Å². The van der Waals surface area contributed by atoms with Crippen molar-refractivity contribution in [1.29, 1.82) is 0 Å². The Morgan fingerprint density at radius 3 is 0.750 bits per heavy atom. The first-order chi connectivity index (χ1) is 17.5. The maximum Gasteiger partial charge on any atom is 0.416 e. The number of hydrogen-bond acceptors (Lipinski definition) is 1. The number of ketones is 1. The van der Waals surface area contributed by atoms with Gasteiger partial charge in [-0.1, -0.05) is 0 Å². The van der Waals surface area contributed by atoms with E-state index >= 15 is 0 Å². The van der Waals surface area contributed by atoms with E-state index < -0.39 is 124 Å². The highest BCUT2D eigenvalue weighted by Crippen LogP contribution is 2.46. The van der Waals surface area contributed by atoms with Gasteiger partial charge in [0.15, 0.2) is 0 Å². The fourth-order valence-electron chi connectivity index (χ4n) is 3.52. The number of hydrogen-bond donors (Lipinski definition) is 0. The Kier molecular flexibility index (Phi) is 8.30. The zero-order chi connectivity index (χ0) is 31.4. The van der Waals surface area contributed by atoms with Crippen LogP contribution in [0.25, 0.3) is 0 Å². The second-order valence-corrected chi connectivity index (χ2v) is 7.98. The van der Waals surface area contributed by atoms with Crippen molar-refractivity contribution in [3.05, 3.63) is 68.8 Å². The van der Waals surface area contributed by atoms with Crippen LogP contribution in [0.15, 0.2) is 24.3 Å². The first kappa shape index (κ1) is 33.1. The van der Waals surface area contributed by atoms with Crippen LogP contribution in [0, 0.1) is 0 Å². The quantitative estimate of drug-likeness (QED) is 0.313. The summed E-state index contributed by atoms with van der Waals surface area (Å²) in [4.78, 5) is 12.3. The number of carbonyl (C=O) groups excluding carboxylic acids is 1. The first-order valence-electron chi connectivity index (χ1n) is 9.83. The highest BCUT2D eigenvalue weighted by molar-refractivity contribution is 5.85. The van der Waals surface area contributed by atoms with Crippen molar-refractivity contribution >= 4 is 5.78 Å². The van der Waals surface area contributed by atoms with Crippen LogP contribution >= 0.6 is 0 Å². The molecule has 1 nitrogen and oxygen atoms in total. The van der Waals surface area contributed by atoms with E-state index in [-0.39, 0.29) is 0 Å². The Bertz CT molecular complexity index is 1100. The van der Waals surface area contributed by atoms with Crippen LogP contribution in [0.5, 0.6) is 0 Å². The molecule has 0 atom stereocenters. The van der Waals surface area contributed by atoms with Gasteiger partial charge in [0.05, 0.1) is 33.4 Å². The minimum atomic E-state index is -6.04. The fraction of sp³-hybridized carbons (Fsp3) is 0.381. The molecule has 0 saturated heterocycles. The largest absolute Gasteiger partial charge is 0.416 e. The standard InChI is InChI=1S/C21H8F18O/c22-16(23,24)7-1-12(18(28,29)30)10(13(2-7)19(31,32)33)5-9(40)6-11-14(20(34,35)36)3-8(17(25,26)27)4-15(11)21(37,38)39/h1-4H,5-6H2. The smallest absolute Gasteiger partial charge is 0.299 e. The summed E-state index contributed by atoms with van der Waals surface area (Å²) in [5, 5.41) is 0. The first-order valence-corrected chi connectivity index (χ1v) is 9.83. The summed E-state index contributed by atoms with van der Waals surface area (Å²) in [5.74, 6) is -2.26. The Balaban J connectivity index is 2.81. The van der Waals surface area contributed by atoms with Crippen molar-refractivity contribution in [2.24, 2.45) is 0 Å². The molecular weight excluding hydrogens is 610 g/mol. The molecule has 0 N–H and O–H groups in total. The van der Waals surface area contributed by atoms with E-state index in [1.165, 1.54) is 0 Å². The van der Waals surface area contributed by atoms with Crippen LogP contribution in [0.2, 0.25) is 0 Å². The zero-order valence-corrected chi connectivity index (χ0v) is 18.4. The SMILES string of the molecule is O=C(Cc1c(C(F)(F)F)cc(C(F)(F)F)cc1C(F)(F)F)Cc1c(C(F)(F)F)cc(C(F)(F)F)cc1C(F)(F)F. The van der Waals surface area contributed by atoms with Crippen LogP contribution in [0.1, 0.15) is 44.5 Å². The maximum atomic E-state index is 13.4. The molecule has 0 amide bonds. The fourth-order valence-corrected chi connectivity index (χ4v) is 3.52. The van der Waals surface area contributed by atoms with Crippen molar-refractivity contribution in [1.82, 2.24) is 0 Å². The van der Waals surface area contributed by atoms with Gasteiger partial charge in [0.25, 0.3) is 0 Å². The number of halogens is 18. The number of rotatable bonds is 4. The van der Waals surface area contributed by atoms with Crippen LogP contribution in [0.4, 0.5) is 79.0 Å². The molecule has 2 aromatic rings. The van der Waals surface area contributed by atoms with Crippen molar-refractivity contribution in [2.75, 3.05) is 0 Å². The van der Waals surface area contributed by atoms with Gasteiger partial charge in [0, 0.05) is 12.8 Å². The van der Waals surface area contributed by atoms with Crippen LogP contribution < -0.4 is 0 Å². The second-order valence-electron chi connectivity index (χ2n) is 7.98. The Hall–Kier alpha value is -3.15. The third-order valence-electron chi connectivity index (χ3n) is 5.12. The summed E-state index contributed by atoms with van der Waals surface area (Å²) in [7, 11) is 0. The van der Waals surface area contributed by atoms with Crippen molar-refractivity contribution < 1.29 is 83.8 Å². The maximum absolute atomic E-state index is 13.4. The predicted octanol–water partition coefficient (Wildman–Crippen LogP) is 9.15. The number of alkyl halides is 18. The molecule has 40 heavy (non-hydrogen) atoms. The van der Waals surface area contributed by atoms with Gasteiger partial charge in [-0.05, 0) is 35.4 Å². The molecule has 0 aliphatic carbocycles. The summed E-state index contributed by atoms with van der Waals surface area (Å²) in [6, 6.07) is -3.40. The number of carbonyl (C=O) groups is 1. The van der Waals surface area contributed by atoms with Crippen molar-refractivity contribution in [2.45, 2.75) is 49.9 Å². The number of Topliss-reactive ketones (excluding diaryl/α,β-unsaturated/α-hetero) is 1. The van der Waals surface area contributed by atoms with Gasteiger partial charge in [-0.25, -0.2) is 0 Å². The molecule has 19 heteroatoms. The molecule has 0 unspecified atom stereocenters. The molecule has 2 aromatic carbocycles. The predicted molar refractivity (Wildman–Crippen MR) is 95.3 cm³/mol. The topological polar surface area (TPSA) is 17.1 Å². The summed E-state index contributed by atoms with van der Waals surface area (Å²) < 4.78 is 239. The normalized spacial score (nSPS) is 14.1. The molecule has 2 rings (SSSR count). The van der Waals surface area contributed by atoms with Gasteiger partial charge in [0.1, 0.15) is 5.78 Å². The van der Waals surface area contributed by atoms with Gasteiger partial charge >= 0.3 is 37.1 Å². The lowest BCUT2D eigenvalue weighted by Crippen LogP contribution is -2.24. The van der Waals surface area contributed by atoms with E-state index in [0.717, 1.165) is 0 Å². The molecule has 0 bridgehead atoms. The average Bonchev–Trinajstić information content (AvgIpc) is 2.68. The molecule has 0 heterocycles. The van der Waals surface area contributed by atoms with Crippen LogP contribution in [-0.4, -0.2) is 5.78 Å². The van der Waals surface area contributed by atoms with Crippen LogP contribution in [0.3, 0.4) is 0 Å². The molecular formula is C21H8F18O. The third-order valence-corrected chi connectivity index (χ3v) is 5.12. The highest BCUT2D eigenvalue weighted by atomic mass is 19.4. The summed E-state index contributed by atoms with van der Waals surface area (Å²) in [6.07, 6.45) is -40.4. The van der Waals surface area contributed by atoms with E-state index in [2.05, 4.69) is 0 Å². The molecule has 0 radical (unpaired) electrons. The van der Waals surface area contributed by atoms with E-state index in [0.29, 0.717) is 0 Å². The van der Waals surface area contributed by atoms with E-state index in [9.17, 15) is 83.8 Å². The Labute approximate surface area is 209 Å². The molecule has 0 spiro atoms. The molecule has 0 aliphatic rings. The average molecular weight is 618 g/mol. The van der Waals surface area contributed by atoms with Crippen molar-refractivity contribution in [3.8, 4) is 0 Å². The zero-order valence-electron chi connectivity index (χ0n) is 18.4. The van der Waals surface area contributed by atoms with E-state index in [1.807, 2.05) is 0 Å². The Morgan fingerprint density at radius 2 is 0.600 bits per heavy atom. The summed E-state index contributed by atoms with van der Waals surface area (Å²) >= 11 is 0. The summed E-state index contributed by atoms with van der Waals surface area (Å²) in [5.41, 5.74) is -20.4. The van der Waals surface area contributed by atoms with Gasteiger partial charge in [-0.2, -0.15) is 79.0 Å². The van der Waals surface area contributed by atoms with Gasteiger partial charge < -0.3 is 0 Å². The lowest BCUT2D eigenvalue weighted by Gasteiger charge is -2.23. The molecule has 0 fully saturated rings. The molecule has 224 valence electrons. The lowest BCUT2D eigenvalue weighted by atomic mass is 9.88. The molecule has 0 aliphatic heterocycles. The highest BCUT2D eigenvalue weighted by Gasteiger charge is 2.47. The minimum Gasteiger partial charge on any atom is -0.299 e. The lowest BCUT2D eigenvalue weighted by molar-refractivity contribution is -0.151. The molecule has 0 saturated carbocycles. The van der Waals surface area contributed by atoms with Gasteiger partial charge in [-0.3, -0.25) is 4.79 Å². The summed E-state index contributed by atoms with van der Waals surface area (Å²) in [6.45, 7) is 0.